The largest absolute Gasteiger partial charge is 0.328 e. The Kier molecular flexibility index (Phi) is 5.96. The number of pyridine rings is 1. The average molecular weight is 352 g/mol. The van der Waals surface area contributed by atoms with Crippen LogP contribution in [0.1, 0.15) is 12.6 Å². The van der Waals surface area contributed by atoms with Crippen molar-refractivity contribution in [3.8, 4) is 0 Å². The van der Waals surface area contributed by atoms with Gasteiger partial charge in [0.1, 0.15) is 6.54 Å². The third kappa shape index (κ3) is 4.94. The Morgan fingerprint density at radius 2 is 1.96 bits per heavy atom. The van der Waals surface area contributed by atoms with E-state index in [4.69, 9.17) is 23.2 Å². The molecule has 7 heteroatoms. The minimum absolute atomic E-state index is 0.102. The van der Waals surface area contributed by atoms with Gasteiger partial charge in [-0.05, 0) is 24.3 Å². The molecule has 1 aromatic heterocycles. The van der Waals surface area contributed by atoms with E-state index in [0.717, 1.165) is 0 Å². The van der Waals surface area contributed by atoms with Crippen LogP contribution in [-0.2, 0) is 16.1 Å². The van der Waals surface area contributed by atoms with E-state index < -0.39 is 0 Å². The maximum absolute atomic E-state index is 12.2. The van der Waals surface area contributed by atoms with Crippen LogP contribution in [0.15, 0.2) is 42.6 Å². The predicted molar refractivity (Wildman–Crippen MR) is 90.4 cm³/mol. The highest BCUT2D eigenvalue weighted by Crippen LogP contribution is 2.29. The van der Waals surface area contributed by atoms with E-state index in [-0.39, 0.29) is 29.9 Å². The van der Waals surface area contributed by atoms with Crippen molar-refractivity contribution >= 4 is 40.7 Å². The molecule has 120 valence electrons. The molecule has 0 unspecified atom stereocenters. The molecule has 2 rings (SSSR count). The molecule has 0 aliphatic rings. The molecule has 0 atom stereocenters. The van der Waals surface area contributed by atoms with E-state index in [1.54, 1.807) is 36.5 Å². The molecule has 2 amide bonds. The number of nitrogens with one attached hydrogen (secondary N) is 1. The van der Waals surface area contributed by atoms with Crippen molar-refractivity contribution in [2.24, 2.45) is 0 Å². The first kappa shape index (κ1) is 17.2. The van der Waals surface area contributed by atoms with Gasteiger partial charge in [-0.1, -0.05) is 35.3 Å². The SMILES string of the molecule is CC(=O)N(CC(=O)Nc1cccc(Cl)c1Cl)Cc1ccccn1. The van der Waals surface area contributed by atoms with Gasteiger partial charge in [-0.3, -0.25) is 14.6 Å². The molecule has 2 aromatic rings. The van der Waals surface area contributed by atoms with Crippen molar-refractivity contribution in [1.82, 2.24) is 9.88 Å². The lowest BCUT2D eigenvalue weighted by molar-refractivity contribution is -0.133. The van der Waals surface area contributed by atoms with E-state index in [0.29, 0.717) is 16.4 Å². The lowest BCUT2D eigenvalue weighted by Crippen LogP contribution is -2.36. The molecule has 0 aliphatic carbocycles. The number of hydrogen-bond donors (Lipinski definition) is 1. The Bertz CT molecular complexity index is 708. The van der Waals surface area contributed by atoms with Crippen LogP contribution in [0.25, 0.3) is 0 Å². The molecule has 0 spiro atoms. The van der Waals surface area contributed by atoms with Gasteiger partial charge in [0.2, 0.25) is 11.8 Å². The molecule has 23 heavy (non-hydrogen) atoms. The summed E-state index contributed by atoms with van der Waals surface area (Å²) in [5.41, 5.74) is 1.11. The number of nitrogens with zero attached hydrogens (tertiary/aromatic N) is 2. The number of carbonyl (C=O) groups is 2. The molecule has 0 fully saturated rings. The van der Waals surface area contributed by atoms with Gasteiger partial charge in [-0.15, -0.1) is 0 Å². The summed E-state index contributed by atoms with van der Waals surface area (Å²) in [5, 5.41) is 3.27. The summed E-state index contributed by atoms with van der Waals surface area (Å²) in [7, 11) is 0. The van der Waals surface area contributed by atoms with Gasteiger partial charge >= 0.3 is 0 Å². The molecular weight excluding hydrogens is 337 g/mol. The Balaban J connectivity index is 2.03. The third-order valence-corrected chi connectivity index (χ3v) is 3.90. The predicted octanol–water partition coefficient (Wildman–Crippen LogP) is 3.38. The number of aromatic nitrogens is 1. The molecule has 1 aromatic carbocycles. The maximum atomic E-state index is 12.2. The molecule has 1 N–H and O–H groups in total. The van der Waals surface area contributed by atoms with E-state index in [2.05, 4.69) is 10.3 Å². The number of anilines is 1. The zero-order valence-electron chi connectivity index (χ0n) is 12.4. The number of carbonyl (C=O) groups excluding carboxylic acids is 2. The van der Waals surface area contributed by atoms with E-state index in [1.165, 1.54) is 11.8 Å². The number of hydrogen-bond acceptors (Lipinski definition) is 3. The van der Waals surface area contributed by atoms with Crippen molar-refractivity contribution < 1.29 is 9.59 Å². The summed E-state index contributed by atoms with van der Waals surface area (Å²) in [6.45, 7) is 1.56. The standard InChI is InChI=1S/C16H15Cl2N3O2/c1-11(22)21(9-12-5-2-3-8-19-12)10-15(23)20-14-7-4-6-13(17)16(14)18/h2-8H,9-10H2,1H3,(H,20,23). The number of benzene rings is 1. The van der Waals surface area contributed by atoms with Crippen molar-refractivity contribution in [3.63, 3.8) is 0 Å². The van der Waals surface area contributed by atoms with Crippen LogP contribution in [0.2, 0.25) is 10.0 Å². The van der Waals surface area contributed by atoms with Gasteiger partial charge in [0.05, 0.1) is 28.0 Å². The minimum atomic E-state index is -0.361. The lowest BCUT2D eigenvalue weighted by Gasteiger charge is -2.20. The molecule has 1 heterocycles. The van der Waals surface area contributed by atoms with Crippen LogP contribution in [0.5, 0.6) is 0 Å². The number of amides is 2. The summed E-state index contributed by atoms with van der Waals surface area (Å²) in [6.07, 6.45) is 1.64. The van der Waals surface area contributed by atoms with Crippen molar-refractivity contribution in [3.05, 3.63) is 58.3 Å². The first-order valence-corrected chi connectivity index (χ1v) is 7.62. The van der Waals surface area contributed by atoms with Crippen LogP contribution < -0.4 is 5.32 Å². The van der Waals surface area contributed by atoms with Crippen molar-refractivity contribution in [2.45, 2.75) is 13.5 Å². The van der Waals surface area contributed by atoms with Gasteiger partial charge in [-0.25, -0.2) is 0 Å². The van der Waals surface area contributed by atoms with E-state index in [1.807, 2.05) is 6.07 Å². The highest BCUT2D eigenvalue weighted by atomic mass is 35.5. The minimum Gasteiger partial charge on any atom is -0.328 e. The Morgan fingerprint density at radius 1 is 1.17 bits per heavy atom. The number of rotatable bonds is 5. The second-order valence-corrected chi connectivity index (χ2v) is 5.63. The van der Waals surface area contributed by atoms with Gasteiger partial charge in [-0.2, -0.15) is 0 Å². The summed E-state index contributed by atoms with van der Waals surface area (Å²) < 4.78 is 0. The Hall–Kier alpha value is -2.11. The van der Waals surface area contributed by atoms with E-state index in [9.17, 15) is 9.59 Å². The summed E-state index contributed by atoms with van der Waals surface area (Å²) >= 11 is 11.9. The first-order chi connectivity index (χ1) is 11.0. The molecular formula is C16H15Cl2N3O2. The smallest absolute Gasteiger partial charge is 0.244 e. The zero-order valence-corrected chi connectivity index (χ0v) is 13.9. The molecule has 0 bridgehead atoms. The average Bonchev–Trinajstić information content (AvgIpc) is 2.52. The topological polar surface area (TPSA) is 62.3 Å². The monoisotopic (exact) mass is 351 g/mol. The summed E-state index contributed by atoms with van der Waals surface area (Å²) in [4.78, 5) is 29.4. The normalized spacial score (nSPS) is 10.2. The first-order valence-electron chi connectivity index (χ1n) is 6.86. The fraction of sp³-hybridized carbons (Fsp3) is 0.188. The second kappa shape index (κ2) is 7.94. The lowest BCUT2D eigenvalue weighted by atomic mass is 10.3. The third-order valence-electron chi connectivity index (χ3n) is 3.08. The van der Waals surface area contributed by atoms with Gasteiger partial charge < -0.3 is 10.2 Å². The Labute approximate surface area is 144 Å². The summed E-state index contributed by atoms with van der Waals surface area (Å²) in [6, 6.07) is 10.4. The fourth-order valence-electron chi connectivity index (χ4n) is 1.93. The van der Waals surface area contributed by atoms with Crippen LogP contribution >= 0.6 is 23.2 Å². The summed E-state index contributed by atoms with van der Waals surface area (Å²) in [5.74, 6) is -0.580. The van der Waals surface area contributed by atoms with Crippen molar-refractivity contribution in [1.29, 1.82) is 0 Å². The van der Waals surface area contributed by atoms with E-state index >= 15 is 0 Å². The van der Waals surface area contributed by atoms with Gasteiger partial charge in [0, 0.05) is 13.1 Å². The highest BCUT2D eigenvalue weighted by molar-refractivity contribution is 6.44. The van der Waals surface area contributed by atoms with Gasteiger partial charge in [0.25, 0.3) is 0 Å². The zero-order chi connectivity index (χ0) is 16.8. The quantitative estimate of drug-likeness (QED) is 0.897. The molecule has 0 radical (unpaired) electrons. The van der Waals surface area contributed by atoms with Gasteiger partial charge in [0.15, 0.2) is 0 Å². The van der Waals surface area contributed by atoms with Crippen LogP contribution in [0, 0.1) is 0 Å². The molecule has 0 saturated carbocycles. The fourth-order valence-corrected chi connectivity index (χ4v) is 2.28. The molecule has 5 nitrogen and oxygen atoms in total. The van der Waals surface area contributed by atoms with Crippen LogP contribution in [0.4, 0.5) is 5.69 Å². The highest BCUT2D eigenvalue weighted by Gasteiger charge is 2.16. The van der Waals surface area contributed by atoms with Crippen LogP contribution in [-0.4, -0.2) is 28.2 Å². The van der Waals surface area contributed by atoms with Crippen molar-refractivity contribution in [2.75, 3.05) is 11.9 Å². The maximum Gasteiger partial charge on any atom is 0.244 e. The molecule has 0 aliphatic heterocycles. The second-order valence-electron chi connectivity index (χ2n) is 4.85. The number of halogens is 2. The Morgan fingerprint density at radius 3 is 2.61 bits per heavy atom. The molecule has 0 saturated heterocycles. The van der Waals surface area contributed by atoms with Crippen LogP contribution in [0.3, 0.4) is 0 Å².